The highest BCUT2D eigenvalue weighted by Crippen LogP contribution is 2.36. The predicted octanol–water partition coefficient (Wildman–Crippen LogP) is 3.38. The number of nitrogens with zero attached hydrogens (tertiary/aromatic N) is 3. The molecule has 0 unspecified atom stereocenters. The van der Waals surface area contributed by atoms with Crippen LogP contribution >= 0.6 is 11.6 Å². The van der Waals surface area contributed by atoms with Gasteiger partial charge in [0.25, 0.3) is 5.56 Å². The third kappa shape index (κ3) is 3.65. The van der Waals surface area contributed by atoms with Crippen LogP contribution in [0.5, 0.6) is 0 Å². The quantitative estimate of drug-likeness (QED) is 0.539. The Bertz CT molecular complexity index is 1180. The van der Waals surface area contributed by atoms with Gasteiger partial charge in [0.05, 0.1) is 29.5 Å². The molecule has 2 aromatic heterocycles. The molecule has 0 amide bonds. The number of aryl methyl sites for hydroxylation is 1. The average Bonchev–Trinajstić information content (AvgIpc) is 3.55. The Hall–Kier alpha value is -3.08. The Morgan fingerprint density at radius 3 is 2.83 bits per heavy atom. The summed E-state index contributed by atoms with van der Waals surface area (Å²) in [5, 5.41) is 26.7. The molecule has 2 heterocycles. The van der Waals surface area contributed by atoms with Crippen LogP contribution in [-0.4, -0.2) is 27.3 Å². The van der Waals surface area contributed by atoms with Crippen LogP contribution in [0.2, 0.25) is 5.15 Å². The molecular formula is C21H20ClN5O2. The fourth-order valence-electron chi connectivity index (χ4n) is 3.55. The average molecular weight is 410 g/mol. The number of nitriles is 1. The van der Waals surface area contributed by atoms with Crippen LogP contribution in [0.3, 0.4) is 0 Å². The molecule has 3 aromatic rings. The van der Waals surface area contributed by atoms with Crippen molar-refractivity contribution < 1.29 is 5.11 Å². The molecule has 0 spiro atoms. The topological polar surface area (TPSA) is 103 Å². The lowest BCUT2D eigenvalue weighted by Gasteiger charge is -2.20. The van der Waals surface area contributed by atoms with Crippen LogP contribution in [0.1, 0.15) is 18.4 Å². The lowest BCUT2D eigenvalue weighted by molar-refractivity contribution is 0.263. The Morgan fingerprint density at radius 2 is 2.14 bits per heavy atom. The van der Waals surface area contributed by atoms with Gasteiger partial charge >= 0.3 is 0 Å². The molecule has 0 saturated heterocycles. The standard InChI is InChI=1S/C21H20ClN5O2/c1-27-19(29)9-17(26-18(11-28)12-5-6-12)13-3-2-4-16(20(13)27)25-15-7-8-24-21(22)14(15)10-23/h2-4,7-9,12,18,26,28H,5-6,11H2,1H3,(H,24,25)/t18-/m1/s1. The van der Waals surface area contributed by atoms with E-state index in [-0.39, 0.29) is 28.9 Å². The highest BCUT2D eigenvalue weighted by molar-refractivity contribution is 6.31. The zero-order valence-corrected chi connectivity index (χ0v) is 16.6. The Kier molecular flexibility index (Phi) is 5.14. The van der Waals surface area contributed by atoms with Crippen molar-refractivity contribution in [3.8, 4) is 6.07 Å². The van der Waals surface area contributed by atoms with Crippen molar-refractivity contribution in [2.45, 2.75) is 18.9 Å². The normalized spacial score (nSPS) is 14.4. The molecule has 0 radical (unpaired) electrons. The van der Waals surface area contributed by atoms with Gasteiger partial charge in [-0.25, -0.2) is 4.98 Å². The summed E-state index contributed by atoms with van der Waals surface area (Å²) in [6.45, 7) is 0.0142. The second-order valence-corrected chi connectivity index (χ2v) is 7.55. The molecule has 8 heteroatoms. The van der Waals surface area contributed by atoms with Gasteiger partial charge in [-0.3, -0.25) is 4.79 Å². The molecule has 0 bridgehead atoms. The van der Waals surface area contributed by atoms with Crippen LogP contribution in [0.4, 0.5) is 17.1 Å². The molecule has 3 N–H and O–H groups in total. The van der Waals surface area contributed by atoms with Gasteiger partial charge in [-0.05, 0) is 30.9 Å². The van der Waals surface area contributed by atoms with E-state index < -0.39 is 0 Å². The van der Waals surface area contributed by atoms with Crippen LogP contribution in [-0.2, 0) is 7.05 Å². The summed E-state index contributed by atoms with van der Waals surface area (Å²) in [5.74, 6) is 0.428. The van der Waals surface area contributed by atoms with E-state index in [0.717, 1.165) is 18.2 Å². The minimum atomic E-state index is -0.171. The second-order valence-electron chi connectivity index (χ2n) is 7.19. The number of aliphatic hydroxyl groups is 1. The molecule has 29 heavy (non-hydrogen) atoms. The highest BCUT2D eigenvalue weighted by atomic mass is 35.5. The summed E-state index contributed by atoms with van der Waals surface area (Å²) in [7, 11) is 1.70. The van der Waals surface area contributed by atoms with E-state index in [1.807, 2.05) is 18.2 Å². The third-order valence-corrected chi connectivity index (χ3v) is 5.56. The summed E-state index contributed by atoms with van der Waals surface area (Å²) in [5.41, 5.74) is 2.61. The number of aliphatic hydroxyl groups excluding tert-OH is 1. The lowest BCUT2D eigenvalue weighted by atomic mass is 10.1. The van der Waals surface area contributed by atoms with Gasteiger partial charge in [0, 0.05) is 30.4 Å². The van der Waals surface area contributed by atoms with Crippen molar-refractivity contribution in [2.24, 2.45) is 13.0 Å². The second kappa shape index (κ2) is 7.74. The highest BCUT2D eigenvalue weighted by Gasteiger charge is 2.31. The molecule has 1 fully saturated rings. The number of fused-ring (bicyclic) bond motifs is 1. The van der Waals surface area contributed by atoms with Gasteiger partial charge in [-0.15, -0.1) is 0 Å². The maximum atomic E-state index is 12.6. The summed E-state index contributed by atoms with van der Waals surface area (Å²) < 4.78 is 1.56. The van der Waals surface area contributed by atoms with E-state index in [9.17, 15) is 15.2 Å². The van der Waals surface area contributed by atoms with Crippen molar-refractivity contribution in [1.82, 2.24) is 9.55 Å². The van der Waals surface area contributed by atoms with Crippen molar-refractivity contribution in [2.75, 3.05) is 17.2 Å². The number of para-hydroxylation sites is 1. The minimum Gasteiger partial charge on any atom is -0.394 e. The Morgan fingerprint density at radius 1 is 1.34 bits per heavy atom. The van der Waals surface area contributed by atoms with Gasteiger partial charge in [0.2, 0.25) is 0 Å². The first-order valence-electron chi connectivity index (χ1n) is 9.35. The maximum Gasteiger partial charge on any atom is 0.252 e. The van der Waals surface area contributed by atoms with Crippen molar-refractivity contribution in [3.05, 3.63) is 57.6 Å². The van der Waals surface area contributed by atoms with E-state index in [4.69, 9.17) is 11.6 Å². The minimum absolute atomic E-state index is 0.0142. The van der Waals surface area contributed by atoms with Gasteiger partial charge in [-0.2, -0.15) is 5.26 Å². The molecule has 7 nitrogen and oxygen atoms in total. The van der Waals surface area contributed by atoms with Crippen molar-refractivity contribution in [3.63, 3.8) is 0 Å². The van der Waals surface area contributed by atoms with Gasteiger partial charge in [0.1, 0.15) is 16.8 Å². The first-order valence-corrected chi connectivity index (χ1v) is 9.73. The molecule has 1 aliphatic carbocycles. The van der Waals surface area contributed by atoms with Crippen LogP contribution < -0.4 is 16.2 Å². The van der Waals surface area contributed by atoms with Crippen molar-refractivity contribution in [1.29, 1.82) is 5.26 Å². The third-order valence-electron chi connectivity index (χ3n) is 5.27. The summed E-state index contributed by atoms with van der Waals surface area (Å²) in [6, 6.07) is 10.8. The van der Waals surface area contributed by atoms with Gasteiger partial charge < -0.3 is 20.3 Å². The van der Waals surface area contributed by atoms with Crippen LogP contribution in [0.25, 0.3) is 10.9 Å². The SMILES string of the molecule is Cn1c(=O)cc(N[C@H](CO)C2CC2)c2cccc(Nc3ccnc(Cl)c3C#N)c21. The number of aromatic nitrogens is 2. The molecule has 1 aromatic carbocycles. The first-order chi connectivity index (χ1) is 14.0. The number of nitrogens with one attached hydrogen (secondary N) is 2. The van der Waals surface area contributed by atoms with Crippen LogP contribution in [0.15, 0.2) is 41.3 Å². The number of hydrogen-bond donors (Lipinski definition) is 3. The van der Waals surface area contributed by atoms with Crippen molar-refractivity contribution >= 4 is 39.6 Å². The smallest absolute Gasteiger partial charge is 0.252 e. The maximum absolute atomic E-state index is 12.6. The number of anilines is 3. The zero-order chi connectivity index (χ0) is 20.5. The largest absolute Gasteiger partial charge is 0.394 e. The monoisotopic (exact) mass is 409 g/mol. The van der Waals surface area contributed by atoms with Gasteiger partial charge in [0.15, 0.2) is 0 Å². The summed E-state index contributed by atoms with van der Waals surface area (Å²) in [6.07, 6.45) is 3.67. The number of hydrogen-bond acceptors (Lipinski definition) is 6. The Balaban J connectivity index is 1.83. The van der Waals surface area contributed by atoms with E-state index >= 15 is 0 Å². The predicted molar refractivity (Wildman–Crippen MR) is 114 cm³/mol. The zero-order valence-electron chi connectivity index (χ0n) is 15.8. The number of benzene rings is 1. The summed E-state index contributed by atoms with van der Waals surface area (Å²) >= 11 is 6.04. The van der Waals surface area contributed by atoms with Gasteiger partial charge in [-0.1, -0.05) is 23.7 Å². The fraction of sp³-hybridized carbons (Fsp3) is 0.286. The van der Waals surface area contributed by atoms with Crippen LogP contribution in [0, 0.1) is 17.2 Å². The van der Waals surface area contributed by atoms with E-state index in [2.05, 4.69) is 21.7 Å². The first kappa shape index (κ1) is 19.2. The molecule has 1 atom stereocenters. The number of pyridine rings is 2. The fourth-order valence-corrected chi connectivity index (χ4v) is 3.75. The van der Waals surface area contributed by atoms with E-state index in [1.165, 1.54) is 6.20 Å². The number of rotatable bonds is 6. The molecule has 1 saturated carbocycles. The lowest BCUT2D eigenvalue weighted by Crippen LogP contribution is -2.28. The summed E-state index contributed by atoms with van der Waals surface area (Å²) in [4.78, 5) is 16.6. The Labute approximate surface area is 172 Å². The molecule has 0 aliphatic heterocycles. The molecule has 1 aliphatic rings. The molecule has 4 rings (SSSR count). The molecular weight excluding hydrogens is 390 g/mol. The van der Waals surface area contributed by atoms with E-state index in [1.54, 1.807) is 23.7 Å². The van der Waals surface area contributed by atoms with E-state index in [0.29, 0.717) is 28.5 Å². The number of halogens is 1. The molecule has 148 valence electrons.